The van der Waals surface area contributed by atoms with Gasteiger partial charge in [-0.15, -0.1) is 24.0 Å². The Hall–Kier alpha value is -1.71. The zero-order valence-electron chi connectivity index (χ0n) is 17.2. The lowest BCUT2D eigenvalue weighted by Crippen LogP contribution is -2.53. The number of aliphatic imine (C=N–C) groups is 1. The second-order valence-corrected chi connectivity index (χ2v) is 7.62. The highest BCUT2D eigenvalue weighted by Crippen LogP contribution is 2.36. The molecule has 0 spiro atoms. The van der Waals surface area contributed by atoms with Gasteiger partial charge in [-0.25, -0.2) is 0 Å². The highest BCUT2D eigenvalue weighted by molar-refractivity contribution is 14.0. The molecule has 28 heavy (non-hydrogen) atoms. The molecule has 7 nitrogen and oxygen atoms in total. The number of carbonyl (C=O) groups excluding carboxylic acids is 1. The fourth-order valence-electron chi connectivity index (χ4n) is 3.34. The van der Waals surface area contributed by atoms with Gasteiger partial charge in [0.15, 0.2) is 17.5 Å². The number of amides is 1. The number of guanidine groups is 1. The number of hydrogen-bond donors (Lipinski definition) is 1. The minimum atomic E-state index is -0.136. The van der Waals surface area contributed by atoms with E-state index in [2.05, 4.69) is 43.1 Å². The number of piperazine rings is 1. The Labute approximate surface area is 184 Å². The quantitative estimate of drug-likeness (QED) is 0.390. The van der Waals surface area contributed by atoms with Crippen LogP contribution in [0, 0.1) is 0 Å². The van der Waals surface area contributed by atoms with Gasteiger partial charge in [-0.05, 0) is 24.6 Å². The molecule has 0 atom stereocenters. The molecule has 1 saturated heterocycles. The smallest absolute Gasteiger partial charge is 0.231 e. The van der Waals surface area contributed by atoms with Gasteiger partial charge in [0, 0.05) is 45.1 Å². The molecule has 1 amide bonds. The average molecular weight is 502 g/mol. The topological polar surface area (TPSA) is 66.4 Å². The zero-order chi connectivity index (χ0) is 19.4. The van der Waals surface area contributed by atoms with Gasteiger partial charge in [0.2, 0.25) is 12.7 Å². The van der Waals surface area contributed by atoms with Crippen LogP contribution in [0.4, 0.5) is 0 Å². The maximum atomic E-state index is 11.5. The van der Waals surface area contributed by atoms with Gasteiger partial charge in [-0.3, -0.25) is 9.79 Å². The van der Waals surface area contributed by atoms with E-state index in [4.69, 9.17) is 14.5 Å². The van der Waals surface area contributed by atoms with E-state index < -0.39 is 0 Å². The lowest BCUT2D eigenvalue weighted by molar-refractivity contribution is -0.130. The molecule has 1 N–H and O–H groups in total. The number of nitrogens with one attached hydrogen (secondary N) is 1. The van der Waals surface area contributed by atoms with Crippen LogP contribution in [0.1, 0.15) is 33.3 Å². The van der Waals surface area contributed by atoms with Crippen molar-refractivity contribution < 1.29 is 14.3 Å². The van der Waals surface area contributed by atoms with Gasteiger partial charge >= 0.3 is 0 Å². The van der Waals surface area contributed by atoms with Crippen molar-refractivity contribution in [3.05, 3.63) is 23.8 Å². The third-order valence-corrected chi connectivity index (χ3v) is 5.14. The highest BCUT2D eigenvalue weighted by Gasteiger charge is 2.26. The first-order valence-electron chi connectivity index (χ1n) is 9.59. The Morgan fingerprint density at radius 2 is 1.79 bits per heavy atom. The van der Waals surface area contributed by atoms with Gasteiger partial charge in [-0.1, -0.05) is 19.9 Å². The number of hydrogen-bond acceptors (Lipinski definition) is 4. The summed E-state index contributed by atoms with van der Waals surface area (Å²) in [6.45, 7) is 12.9. The molecule has 3 rings (SSSR count). The Kier molecular flexibility index (Phi) is 7.79. The molecule has 8 heteroatoms. The first-order chi connectivity index (χ1) is 12.9. The average Bonchev–Trinajstić information content (AvgIpc) is 3.13. The van der Waals surface area contributed by atoms with Crippen molar-refractivity contribution in [3.8, 4) is 11.5 Å². The summed E-state index contributed by atoms with van der Waals surface area (Å²) in [6.07, 6.45) is 0. The number of fused-ring (bicyclic) bond motifs is 1. The summed E-state index contributed by atoms with van der Waals surface area (Å²) in [6, 6.07) is 6.10. The number of benzene rings is 1. The third kappa shape index (κ3) is 5.21. The predicted molar refractivity (Wildman–Crippen MR) is 121 cm³/mol. The van der Waals surface area contributed by atoms with Crippen LogP contribution in [0.3, 0.4) is 0 Å². The van der Waals surface area contributed by atoms with Crippen molar-refractivity contribution in [2.24, 2.45) is 4.99 Å². The summed E-state index contributed by atoms with van der Waals surface area (Å²) < 4.78 is 10.9. The van der Waals surface area contributed by atoms with Crippen LogP contribution in [-0.2, 0) is 10.2 Å². The summed E-state index contributed by atoms with van der Waals surface area (Å²) in [5.74, 6) is 2.65. The first kappa shape index (κ1) is 22.6. The molecule has 0 aromatic heterocycles. The highest BCUT2D eigenvalue weighted by atomic mass is 127. The molecule has 0 aliphatic carbocycles. The Morgan fingerprint density at radius 3 is 2.43 bits per heavy atom. The van der Waals surface area contributed by atoms with Crippen LogP contribution in [0.2, 0.25) is 0 Å². The molecular weight excluding hydrogens is 471 g/mol. The van der Waals surface area contributed by atoms with E-state index in [1.165, 1.54) is 5.56 Å². The summed E-state index contributed by atoms with van der Waals surface area (Å²) >= 11 is 0. The van der Waals surface area contributed by atoms with Crippen molar-refractivity contribution in [1.82, 2.24) is 15.1 Å². The zero-order valence-corrected chi connectivity index (χ0v) is 19.5. The molecule has 1 aromatic carbocycles. The molecule has 0 radical (unpaired) electrons. The molecule has 2 heterocycles. The minimum absolute atomic E-state index is 0. The summed E-state index contributed by atoms with van der Waals surface area (Å²) in [7, 11) is 0. The van der Waals surface area contributed by atoms with Crippen LogP contribution >= 0.6 is 24.0 Å². The molecule has 0 bridgehead atoms. The van der Waals surface area contributed by atoms with Crippen LogP contribution in [0.5, 0.6) is 11.5 Å². The van der Waals surface area contributed by atoms with E-state index in [0.717, 1.165) is 50.2 Å². The number of rotatable bonds is 4. The number of ether oxygens (including phenoxy) is 2. The molecule has 2 aliphatic rings. The molecular formula is C20H31IN4O3. The Balaban J connectivity index is 0.00000280. The lowest BCUT2D eigenvalue weighted by Gasteiger charge is -2.36. The summed E-state index contributed by atoms with van der Waals surface area (Å²) in [4.78, 5) is 20.6. The van der Waals surface area contributed by atoms with Crippen LogP contribution in [0.15, 0.2) is 23.2 Å². The van der Waals surface area contributed by atoms with Gasteiger partial charge in [0.1, 0.15) is 0 Å². The second-order valence-electron chi connectivity index (χ2n) is 7.62. The SMILES string of the molecule is CCNC(=NCC(C)(C)c1ccc2c(c1)OCO2)N1CCN(C(C)=O)CC1.I. The van der Waals surface area contributed by atoms with E-state index in [1.54, 1.807) is 6.92 Å². The second kappa shape index (κ2) is 9.67. The van der Waals surface area contributed by atoms with E-state index in [9.17, 15) is 4.79 Å². The molecule has 0 unspecified atom stereocenters. The van der Waals surface area contributed by atoms with E-state index >= 15 is 0 Å². The molecule has 1 aromatic rings. The monoisotopic (exact) mass is 502 g/mol. The van der Waals surface area contributed by atoms with Gasteiger partial charge in [-0.2, -0.15) is 0 Å². The maximum Gasteiger partial charge on any atom is 0.231 e. The molecule has 156 valence electrons. The largest absolute Gasteiger partial charge is 0.454 e. The van der Waals surface area contributed by atoms with Crippen molar-refractivity contribution in [2.75, 3.05) is 46.1 Å². The van der Waals surface area contributed by atoms with Gasteiger partial charge in [0.05, 0.1) is 6.54 Å². The number of halogens is 1. The van der Waals surface area contributed by atoms with E-state index in [1.807, 2.05) is 11.0 Å². The fourth-order valence-corrected chi connectivity index (χ4v) is 3.34. The van der Waals surface area contributed by atoms with Crippen molar-refractivity contribution in [1.29, 1.82) is 0 Å². The summed E-state index contributed by atoms with van der Waals surface area (Å²) in [5.41, 5.74) is 1.04. The Morgan fingerprint density at radius 1 is 1.14 bits per heavy atom. The van der Waals surface area contributed by atoms with E-state index in [0.29, 0.717) is 6.54 Å². The standard InChI is InChI=1S/C20H30N4O3.HI/c1-5-21-19(24-10-8-23(9-11-24)15(2)25)22-13-20(3,4)16-6-7-17-18(12-16)27-14-26-17;/h6-7,12H,5,8-11,13-14H2,1-4H3,(H,21,22);1H. The van der Waals surface area contributed by atoms with Crippen molar-refractivity contribution in [3.63, 3.8) is 0 Å². The molecule has 1 fully saturated rings. The van der Waals surface area contributed by atoms with Crippen molar-refractivity contribution in [2.45, 2.75) is 33.1 Å². The van der Waals surface area contributed by atoms with E-state index in [-0.39, 0.29) is 42.1 Å². The lowest BCUT2D eigenvalue weighted by atomic mass is 9.84. The maximum absolute atomic E-state index is 11.5. The molecule has 2 aliphatic heterocycles. The molecule has 0 saturated carbocycles. The van der Waals surface area contributed by atoms with Crippen LogP contribution < -0.4 is 14.8 Å². The predicted octanol–water partition coefficient (Wildman–Crippen LogP) is 2.44. The first-order valence-corrected chi connectivity index (χ1v) is 9.59. The van der Waals surface area contributed by atoms with Crippen LogP contribution in [-0.4, -0.2) is 67.7 Å². The third-order valence-electron chi connectivity index (χ3n) is 5.14. The van der Waals surface area contributed by atoms with Crippen LogP contribution in [0.25, 0.3) is 0 Å². The number of nitrogens with zero attached hydrogens (tertiary/aromatic N) is 3. The normalized spacial score (nSPS) is 16.6. The Bertz CT molecular complexity index is 715. The summed E-state index contributed by atoms with van der Waals surface area (Å²) in [5, 5.41) is 3.39. The minimum Gasteiger partial charge on any atom is -0.454 e. The van der Waals surface area contributed by atoms with Crippen molar-refractivity contribution >= 4 is 35.8 Å². The fraction of sp³-hybridized carbons (Fsp3) is 0.600. The number of carbonyl (C=O) groups is 1. The van der Waals surface area contributed by atoms with Gasteiger partial charge < -0.3 is 24.6 Å². The van der Waals surface area contributed by atoms with Gasteiger partial charge in [0.25, 0.3) is 0 Å².